The smallest absolute Gasteiger partial charge is 0.0271 e. The van der Waals surface area contributed by atoms with Crippen LogP contribution in [0.25, 0.3) is 0 Å². The highest BCUT2D eigenvalue weighted by atomic mass is 15.1. The number of aromatic nitrogens is 1. The fraction of sp³-hybridized carbons (Fsp3) is 0.583. The van der Waals surface area contributed by atoms with Crippen LogP contribution in [0, 0.1) is 5.92 Å². The Morgan fingerprint density at radius 2 is 2.27 bits per heavy atom. The second-order valence-corrected chi connectivity index (χ2v) is 4.30. The van der Waals surface area contributed by atoms with E-state index in [1.54, 1.807) is 0 Å². The number of nitrogens with one attached hydrogen (secondary N) is 1. The van der Waals surface area contributed by atoms with Gasteiger partial charge in [0.15, 0.2) is 0 Å². The molecule has 1 aromatic heterocycles. The molecule has 0 saturated carbocycles. The van der Waals surface area contributed by atoms with Crippen molar-refractivity contribution in [2.75, 3.05) is 26.7 Å². The maximum Gasteiger partial charge on any atom is 0.0271 e. The molecule has 0 bridgehead atoms. The molecule has 1 atom stereocenters. The maximum absolute atomic E-state index is 4.04. The number of rotatable bonds is 4. The van der Waals surface area contributed by atoms with E-state index in [0.29, 0.717) is 0 Å². The van der Waals surface area contributed by atoms with Crippen molar-refractivity contribution in [1.29, 1.82) is 0 Å². The van der Waals surface area contributed by atoms with Gasteiger partial charge in [-0.25, -0.2) is 0 Å². The van der Waals surface area contributed by atoms with Gasteiger partial charge in [-0.1, -0.05) is 0 Å². The van der Waals surface area contributed by atoms with Crippen LogP contribution in [-0.2, 0) is 6.54 Å². The van der Waals surface area contributed by atoms with Crippen molar-refractivity contribution in [2.45, 2.75) is 13.0 Å². The lowest BCUT2D eigenvalue weighted by molar-refractivity contribution is 0.315. The van der Waals surface area contributed by atoms with Crippen LogP contribution < -0.4 is 5.32 Å². The predicted octanol–water partition coefficient (Wildman–Crippen LogP) is 1.12. The Hall–Kier alpha value is -0.930. The largest absolute Gasteiger partial charge is 0.319 e. The number of pyridine rings is 1. The van der Waals surface area contributed by atoms with Crippen molar-refractivity contribution in [3.8, 4) is 0 Å². The summed E-state index contributed by atoms with van der Waals surface area (Å²) in [6, 6.07) is 4.21. The first-order valence-electron chi connectivity index (χ1n) is 5.64. The number of hydrogen-bond acceptors (Lipinski definition) is 3. The standard InChI is InChI=1S/C12H19N3/c1-13-8-12-4-7-15(10-12)9-11-2-5-14-6-3-11/h2-3,5-6,12-13H,4,7-10H2,1H3. The summed E-state index contributed by atoms with van der Waals surface area (Å²) in [5, 5.41) is 3.26. The number of hydrogen-bond donors (Lipinski definition) is 1. The van der Waals surface area contributed by atoms with Gasteiger partial charge in [0.25, 0.3) is 0 Å². The lowest BCUT2D eigenvalue weighted by Gasteiger charge is -2.15. The van der Waals surface area contributed by atoms with Gasteiger partial charge < -0.3 is 5.32 Å². The van der Waals surface area contributed by atoms with E-state index in [2.05, 4.69) is 27.3 Å². The Balaban J connectivity index is 1.82. The molecule has 82 valence electrons. The minimum Gasteiger partial charge on any atom is -0.319 e. The topological polar surface area (TPSA) is 28.2 Å². The van der Waals surface area contributed by atoms with Gasteiger partial charge in [-0.3, -0.25) is 9.88 Å². The zero-order valence-corrected chi connectivity index (χ0v) is 9.32. The van der Waals surface area contributed by atoms with Crippen molar-refractivity contribution in [3.05, 3.63) is 30.1 Å². The monoisotopic (exact) mass is 205 g/mol. The molecular weight excluding hydrogens is 186 g/mol. The average Bonchev–Trinajstić information content (AvgIpc) is 2.68. The summed E-state index contributed by atoms with van der Waals surface area (Å²) in [6.07, 6.45) is 5.07. The third-order valence-electron chi connectivity index (χ3n) is 3.02. The van der Waals surface area contributed by atoms with Gasteiger partial charge in [0.05, 0.1) is 0 Å². The molecule has 1 N–H and O–H groups in total. The van der Waals surface area contributed by atoms with Crippen molar-refractivity contribution in [1.82, 2.24) is 15.2 Å². The molecule has 3 heteroatoms. The summed E-state index contributed by atoms with van der Waals surface area (Å²) in [4.78, 5) is 6.56. The summed E-state index contributed by atoms with van der Waals surface area (Å²) in [5.41, 5.74) is 1.37. The third-order valence-corrected chi connectivity index (χ3v) is 3.02. The average molecular weight is 205 g/mol. The molecule has 1 fully saturated rings. The number of likely N-dealkylation sites (tertiary alicyclic amines) is 1. The van der Waals surface area contributed by atoms with E-state index < -0.39 is 0 Å². The molecule has 1 aliphatic rings. The van der Waals surface area contributed by atoms with Gasteiger partial charge in [0.1, 0.15) is 0 Å². The fourth-order valence-corrected chi connectivity index (χ4v) is 2.26. The van der Waals surface area contributed by atoms with Crippen molar-refractivity contribution in [3.63, 3.8) is 0 Å². The molecule has 1 aliphatic heterocycles. The first-order valence-corrected chi connectivity index (χ1v) is 5.64. The molecule has 0 radical (unpaired) electrons. The minimum absolute atomic E-state index is 0.830. The molecular formula is C12H19N3. The molecule has 3 nitrogen and oxygen atoms in total. The molecule has 0 amide bonds. The molecule has 1 unspecified atom stereocenters. The Bertz CT molecular complexity index is 286. The summed E-state index contributed by atoms with van der Waals surface area (Å²) in [5.74, 6) is 0.830. The molecule has 0 aliphatic carbocycles. The van der Waals surface area contributed by atoms with Crippen LogP contribution in [0.5, 0.6) is 0 Å². The maximum atomic E-state index is 4.04. The highest BCUT2D eigenvalue weighted by molar-refractivity contribution is 5.09. The summed E-state index contributed by atoms with van der Waals surface area (Å²) in [7, 11) is 2.03. The Morgan fingerprint density at radius 3 is 3.00 bits per heavy atom. The molecule has 0 spiro atoms. The fourth-order valence-electron chi connectivity index (χ4n) is 2.26. The Morgan fingerprint density at radius 1 is 1.47 bits per heavy atom. The zero-order valence-electron chi connectivity index (χ0n) is 9.32. The lowest BCUT2D eigenvalue weighted by atomic mass is 10.1. The Labute approximate surface area is 91.5 Å². The van der Waals surface area contributed by atoms with E-state index >= 15 is 0 Å². The summed E-state index contributed by atoms with van der Waals surface area (Å²) in [6.45, 7) is 4.67. The van der Waals surface area contributed by atoms with Crippen LogP contribution in [0.3, 0.4) is 0 Å². The van der Waals surface area contributed by atoms with Gasteiger partial charge in [-0.05, 0) is 50.2 Å². The van der Waals surface area contributed by atoms with E-state index in [9.17, 15) is 0 Å². The van der Waals surface area contributed by atoms with E-state index in [4.69, 9.17) is 0 Å². The number of nitrogens with zero attached hydrogens (tertiary/aromatic N) is 2. The summed E-state index contributed by atoms with van der Waals surface area (Å²) < 4.78 is 0. The minimum atomic E-state index is 0.830. The van der Waals surface area contributed by atoms with Crippen LogP contribution in [-0.4, -0.2) is 36.6 Å². The molecule has 2 rings (SSSR count). The SMILES string of the molecule is CNCC1CCN(Cc2ccncc2)C1. The Kier molecular flexibility index (Phi) is 3.69. The van der Waals surface area contributed by atoms with Crippen molar-refractivity contribution >= 4 is 0 Å². The second kappa shape index (κ2) is 5.24. The van der Waals surface area contributed by atoms with Gasteiger partial charge in [0, 0.05) is 25.5 Å². The first kappa shape index (κ1) is 10.6. The van der Waals surface area contributed by atoms with Crippen LogP contribution >= 0.6 is 0 Å². The summed E-state index contributed by atoms with van der Waals surface area (Å²) >= 11 is 0. The van der Waals surface area contributed by atoms with Gasteiger partial charge in [-0.2, -0.15) is 0 Å². The van der Waals surface area contributed by atoms with Crippen molar-refractivity contribution in [2.24, 2.45) is 5.92 Å². The van der Waals surface area contributed by atoms with Crippen LogP contribution in [0.4, 0.5) is 0 Å². The van der Waals surface area contributed by atoms with E-state index in [1.165, 1.54) is 25.1 Å². The molecule has 1 saturated heterocycles. The second-order valence-electron chi connectivity index (χ2n) is 4.30. The van der Waals surface area contributed by atoms with E-state index in [1.807, 2.05) is 19.4 Å². The van der Waals surface area contributed by atoms with Crippen LogP contribution in [0.2, 0.25) is 0 Å². The highest BCUT2D eigenvalue weighted by Crippen LogP contribution is 2.17. The van der Waals surface area contributed by atoms with Gasteiger partial charge >= 0.3 is 0 Å². The van der Waals surface area contributed by atoms with E-state index in [0.717, 1.165) is 19.0 Å². The highest BCUT2D eigenvalue weighted by Gasteiger charge is 2.21. The molecule has 1 aromatic rings. The third kappa shape index (κ3) is 3.01. The normalized spacial score (nSPS) is 22.1. The van der Waals surface area contributed by atoms with Crippen LogP contribution in [0.1, 0.15) is 12.0 Å². The first-order chi connectivity index (χ1) is 7.38. The predicted molar refractivity (Wildman–Crippen MR) is 61.5 cm³/mol. The molecule has 0 aromatic carbocycles. The molecule has 15 heavy (non-hydrogen) atoms. The van der Waals surface area contributed by atoms with E-state index in [-0.39, 0.29) is 0 Å². The molecule has 2 heterocycles. The van der Waals surface area contributed by atoms with Crippen molar-refractivity contribution < 1.29 is 0 Å². The zero-order chi connectivity index (χ0) is 10.5. The van der Waals surface area contributed by atoms with Gasteiger partial charge in [0.2, 0.25) is 0 Å². The van der Waals surface area contributed by atoms with Gasteiger partial charge in [-0.15, -0.1) is 0 Å². The lowest BCUT2D eigenvalue weighted by Crippen LogP contribution is -2.24. The quantitative estimate of drug-likeness (QED) is 0.798. The van der Waals surface area contributed by atoms with Crippen LogP contribution in [0.15, 0.2) is 24.5 Å².